The zero-order valence-electron chi connectivity index (χ0n) is 24.1. The summed E-state index contributed by atoms with van der Waals surface area (Å²) in [5.74, 6) is 2.36. The summed E-state index contributed by atoms with van der Waals surface area (Å²) in [5, 5.41) is 14.0. The van der Waals surface area contributed by atoms with Gasteiger partial charge in [-0.15, -0.1) is 0 Å². The molecule has 0 aliphatic carbocycles. The van der Waals surface area contributed by atoms with Crippen LogP contribution in [-0.2, 0) is 0 Å². The molecule has 7 rings (SSSR count). The number of aromatic nitrogens is 3. The van der Waals surface area contributed by atoms with Crippen molar-refractivity contribution in [2.45, 2.75) is 33.6 Å². The first-order chi connectivity index (χ1) is 20.4. The predicted octanol–water partition coefficient (Wildman–Crippen LogP) is 9.63. The molecule has 0 radical (unpaired) electrons. The molecule has 0 fully saturated rings. The number of ether oxygens (including phenoxy) is 1. The van der Waals surface area contributed by atoms with E-state index in [1.165, 1.54) is 16.3 Å². The molecule has 5 heteroatoms. The summed E-state index contributed by atoms with van der Waals surface area (Å²) in [6.07, 6.45) is 0. The highest BCUT2D eigenvalue weighted by atomic mass is 16.5. The number of hydrogen-bond donors (Lipinski definition) is 1. The Kier molecular flexibility index (Phi) is 6.16. The smallest absolute Gasteiger partial charge is 0.219 e. The van der Waals surface area contributed by atoms with Gasteiger partial charge in [-0.25, -0.2) is 9.97 Å². The van der Waals surface area contributed by atoms with E-state index < -0.39 is 0 Å². The first-order valence-corrected chi connectivity index (χ1v) is 14.3. The SMILES string of the molecule is Cc1cc(C)nc(-n2c3ccccc3c3c(C(C)C)cc(Oc4ccc5c(-c6ccccc6)ccc(O)c5n4)cc32)c1. The Hall–Kier alpha value is -5.16. The van der Waals surface area contributed by atoms with E-state index in [1.807, 2.05) is 43.3 Å². The van der Waals surface area contributed by atoms with Crippen molar-refractivity contribution >= 4 is 32.7 Å². The largest absolute Gasteiger partial charge is 0.506 e. The van der Waals surface area contributed by atoms with Crippen molar-refractivity contribution in [2.75, 3.05) is 0 Å². The molecule has 0 amide bonds. The van der Waals surface area contributed by atoms with Crippen LogP contribution in [0.1, 0.15) is 36.6 Å². The summed E-state index contributed by atoms with van der Waals surface area (Å²) < 4.78 is 8.70. The Morgan fingerprint density at radius 2 is 1.52 bits per heavy atom. The molecule has 0 saturated heterocycles. The number of hydrogen-bond acceptors (Lipinski definition) is 4. The molecular weight excluding hydrogens is 518 g/mol. The maximum absolute atomic E-state index is 10.8. The summed E-state index contributed by atoms with van der Waals surface area (Å²) in [6.45, 7) is 8.54. The van der Waals surface area contributed by atoms with E-state index in [2.05, 4.69) is 86.0 Å². The van der Waals surface area contributed by atoms with Crippen LogP contribution in [0, 0.1) is 13.8 Å². The number of pyridine rings is 2. The van der Waals surface area contributed by atoms with Crippen LogP contribution in [-0.4, -0.2) is 19.6 Å². The molecule has 42 heavy (non-hydrogen) atoms. The number of para-hydroxylation sites is 1. The quantitative estimate of drug-likeness (QED) is 0.232. The second-order valence-electron chi connectivity index (χ2n) is 11.2. The van der Waals surface area contributed by atoms with Gasteiger partial charge in [-0.2, -0.15) is 0 Å². The van der Waals surface area contributed by atoms with Crippen molar-refractivity contribution in [1.82, 2.24) is 14.5 Å². The van der Waals surface area contributed by atoms with Gasteiger partial charge in [0.05, 0.1) is 11.0 Å². The number of fused-ring (bicyclic) bond motifs is 4. The fraction of sp³-hybridized carbons (Fsp3) is 0.135. The Bertz CT molecular complexity index is 2110. The molecule has 0 bridgehead atoms. The summed E-state index contributed by atoms with van der Waals surface area (Å²) in [5.41, 5.74) is 8.05. The highest BCUT2D eigenvalue weighted by Gasteiger charge is 2.20. The van der Waals surface area contributed by atoms with Crippen LogP contribution in [0.4, 0.5) is 0 Å². The number of rotatable bonds is 5. The van der Waals surface area contributed by atoms with Crippen molar-refractivity contribution in [2.24, 2.45) is 0 Å². The average molecular weight is 550 g/mol. The third-order valence-electron chi connectivity index (χ3n) is 7.83. The van der Waals surface area contributed by atoms with Gasteiger partial charge in [0.1, 0.15) is 22.8 Å². The molecule has 206 valence electrons. The highest BCUT2D eigenvalue weighted by Crippen LogP contribution is 2.41. The van der Waals surface area contributed by atoms with Gasteiger partial charge < -0.3 is 9.84 Å². The summed E-state index contributed by atoms with van der Waals surface area (Å²) in [6, 6.07) is 34.5. The molecule has 0 saturated carbocycles. The molecule has 0 spiro atoms. The Morgan fingerprint density at radius 1 is 0.738 bits per heavy atom. The average Bonchev–Trinajstić information content (AvgIpc) is 3.31. The maximum atomic E-state index is 10.8. The van der Waals surface area contributed by atoms with Crippen LogP contribution in [0.2, 0.25) is 0 Å². The number of phenols is 1. The molecule has 1 N–H and O–H groups in total. The topological polar surface area (TPSA) is 60.2 Å². The highest BCUT2D eigenvalue weighted by molar-refractivity contribution is 6.11. The zero-order chi connectivity index (χ0) is 29.0. The van der Waals surface area contributed by atoms with Gasteiger partial charge in [-0.1, -0.05) is 62.4 Å². The number of nitrogens with zero attached hydrogens (tertiary/aromatic N) is 3. The summed E-state index contributed by atoms with van der Waals surface area (Å²) >= 11 is 0. The normalized spacial score (nSPS) is 11.6. The molecular formula is C37H31N3O2. The van der Waals surface area contributed by atoms with Crippen molar-refractivity contribution in [3.8, 4) is 34.3 Å². The first kappa shape index (κ1) is 25.8. The monoisotopic (exact) mass is 549 g/mol. The minimum Gasteiger partial charge on any atom is -0.506 e. The van der Waals surface area contributed by atoms with E-state index in [0.717, 1.165) is 44.6 Å². The molecule has 5 nitrogen and oxygen atoms in total. The lowest BCUT2D eigenvalue weighted by Crippen LogP contribution is -2.00. The predicted molar refractivity (Wildman–Crippen MR) is 171 cm³/mol. The Morgan fingerprint density at radius 3 is 2.31 bits per heavy atom. The summed E-state index contributed by atoms with van der Waals surface area (Å²) in [7, 11) is 0. The lowest BCUT2D eigenvalue weighted by molar-refractivity contribution is 0.459. The van der Waals surface area contributed by atoms with Crippen LogP contribution >= 0.6 is 0 Å². The molecule has 4 aromatic carbocycles. The van der Waals surface area contributed by atoms with E-state index in [-0.39, 0.29) is 11.7 Å². The fourth-order valence-electron chi connectivity index (χ4n) is 6.03. The summed E-state index contributed by atoms with van der Waals surface area (Å²) in [4.78, 5) is 9.69. The lowest BCUT2D eigenvalue weighted by Gasteiger charge is -2.14. The minimum absolute atomic E-state index is 0.120. The number of aryl methyl sites for hydroxylation is 2. The van der Waals surface area contributed by atoms with E-state index in [9.17, 15) is 5.11 Å². The van der Waals surface area contributed by atoms with Crippen molar-refractivity contribution in [1.29, 1.82) is 0 Å². The van der Waals surface area contributed by atoms with Gasteiger partial charge in [0.2, 0.25) is 5.88 Å². The van der Waals surface area contributed by atoms with Crippen LogP contribution in [0.25, 0.3) is 49.7 Å². The van der Waals surface area contributed by atoms with Crippen molar-refractivity contribution in [3.63, 3.8) is 0 Å². The zero-order valence-corrected chi connectivity index (χ0v) is 24.1. The number of benzene rings is 4. The number of phenolic OH excluding ortho intramolecular Hbond substituents is 1. The van der Waals surface area contributed by atoms with Gasteiger partial charge in [-0.05, 0) is 84.5 Å². The van der Waals surface area contributed by atoms with E-state index in [4.69, 9.17) is 14.7 Å². The Balaban J connectivity index is 1.41. The lowest BCUT2D eigenvalue weighted by atomic mass is 9.97. The van der Waals surface area contributed by atoms with Crippen LogP contribution in [0.15, 0.2) is 103 Å². The van der Waals surface area contributed by atoms with Crippen LogP contribution in [0.3, 0.4) is 0 Å². The third-order valence-corrected chi connectivity index (χ3v) is 7.83. The standard InChI is InChI=1S/C37H31N3O2/c1-22(2)30-20-26(42-35-17-15-28-27(25-10-6-5-7-11-25)14-16-33(41)37(28)39-35)21-32-36(30)29-12-8-9-13-31(29)40(32)34-19-23(3)18-24(4)38-34/h5-22,41H,1-4H3. The Labute approximate surface area is 244 Å². The van der Waals surface area contributed by atoms with Crippen LogP contribution in [0.5, 0.6) is 17.4 Å². The second kappa shape index (κ2) is 10.0. The third kappa shape index (κ3) is 4.34. The minimum atomic E-state index is 0.120. The van der Waals surface area contributed by atoms with Crippen molar-refractivity contribution < 1.29 is 9.84 Å². The van der Waals surface area contributed by atoms with Crippen LogP contribution < -0.4 is 4.74 Å². The molecule has 3 heterocycles. The number of aromatic hydroxyl groups is 1. The molecule has 0 unspecified atom stereocenters. The molecule has 0 aliphatic heterocycles. The van der Waals surface area contributed by atoms with Gasteiger partial charge in [0, 0.05) is 34.0 Å². The maximum Gasteiger partial charge on any atom is 0.219 e. The van der Waals surface area contributed by atoms with Crippen molar-refractivity contribution in [3.05, 3.63) is 120 Å². The first-order valence-electron chi connectivity index (χ1n) is 14.3. The second-order valence-corrected chi connectivity index (χ2v) is 11.2. The van der Waals surface area contributed by atoms with Gasteiger partial charge in [-0.3, -0.25) is 4.57 Å². The van der Waals surface area contributed by atoms with Gasteiger partial charge in [0.25, 0.3) is 0 Å². The van der Waals surface area contributed by atoms with Gasteiger partial charge in [0.15, 0.2) is 0 Å². The molecule has 7 aromatic rings. The molecule has 0 aliphatic rings. The van der Waals surface area contributed by atoms with E-state index in [0.29, 0.717) is 17.1 Å². The fourth-order valence-corrected chi connectivity index (χ4v) is 6.03. The van der Waals surface area contributed by atoms with Gasteiger partial charge >= 0.3 is 0 Å². The van der Waals surface area contributed by atoms with E-state index in [1.54, 1.807) is 6.07 Å². The molecule has 0 atom stereocenters. The van der Waals surface area contributed by atoms with E-state index >= 15 is 0 Å². The molecule has 3 aromatic heterocycles.